The average molecular weight is 348 g/mol. The zero-order valence-corrected chi connectivity index (χ0v) is 14.4. The van der Waals surface area contributed by atoms with E-state index in [-0.39, 0.29) is 24.3 Å². The molecular formula is C15H20N6O2S. The predicted molar refractivity (Wildman–Crippen MR) is 89.9 cm³/mol. The van der Waals surface area contributed by atoms with Crippen LogP contribution in [0, 0.1) is 6.92 Å². The minimum Gasteiger partial charge on any atom is -0.341 e. The van der Waals surface area contributed by atoms with E-state index in [0.29, 0.717) is 10.6 Å². The first kappa shape index (κ1) is 16.6. The van der Waals surface area contributed by atoms with Crippen LogP contribution in [0.2, 0.25) is 0 Å². The van der Waals surface area contributed by atoms with Gasteiger partial charge in [0.05, 0.1) is 11.2 Å². The molecule has 0 bridgehead atoms. The summed E-state index contributed by atoms with van der Waals surface area (Å²) in [5.74, 6) is -0.0546. The van der Waals surface area contributed by atoms with Crippen molar-refractivity contribution < 1.29 is 9.59 Å². The monoisotopic (exact) mass is 348 g/mol. The maximum Gasteiger partial charge on any atom is 0.270 e. The number of nitrogens with one attached hydrogen (secondary N) is 1. The van der Waals surface area contributed by atoms with Crippen LogP contribution in [0.3, 0.4) is 0 Å². The molecule has 0 unspecified atom stereocenters. The van der Waals surface area contributed by atoms with Crippen LogP contribution in [0.25, 0.3) is 0 Å². The molecule has 3 rings (SSSR count). The van der Waals surface area contributed by atoms with Crippen molar-refractivity contribution in [2.45, 2.75) is 39.2 Å². The fourth-order valence-corrected chi connectivity index (χ4v) is 3.36. The Morgan fingerprint density at radius 1 is 1.21 bits per heavy atom. The summed E-state index contributed by atoms with van der Waals surface area (Å²) in [4.78, 5) is 34.9. The number of hydrogen-bond acceptors (Lipinski definition) is 6. The predicted octanol–water partition coefficient (Wildman–Crippen LogP) is 1.70. The first-order valence-corrected chi connectivity index (χ1v) is 8.90. The molecule has 0 aliphatic carbocycles. The molecule has 1 aliphatic rings. The first-order valence-electron chi connectivity index (χ1n) is 8.02. The van der Waals surface area contributed by atoms with Crippen molar-refractivity contribution in [2.24, 2.45) is 0 Å². The molecule has 0 aromatic carbocycles. The second-order valence-electron chi connectivity index (χ2n) is 5.78. The van der Waals surface area contributed by atoms with Crippen LogP contribution >= 0.6 is 11.3 Å². The number of aryl methyl sites for hydroxylation is 1. The lowest BCUT2D eigenvalue weighted by Gasteiger charge is -2.19. The zero-order valence-electron chi connectivity index (χ0n) is 13.6. The quantitative estimate of drug-likeness (QED) is 0.908. The molecule has 2 aromatic heterocycles. The minimum atomic E-state index is -0.286. The lowest BCUT2D eigenvalue weighted by Crippen LogP contribution is -2.34. The highest BCUT2D eigenvalue weighted by Gasteiger charge is 2.17. The van der Waals surface area contributed by atoms with Gasteiger partial charge in [0.15, 0.2) is 0 Å². The molecule has 0 atom stereocenters. The Balaban J connectivity index is 1.58. The molecule has 8 nitrogen and oxygen atoms in total. The van der Waals surface area contributed by atoms with E-state index < -0.39 is 0 Å². The van der Waals surface area contributed by atoms with E-state index in [2.05, 4.69) is 20.4 Å². The Morgan fingerprint density at radius 2 is 1.96 bits per heavy atom. The molecule has 2 aromatic rings. The van der Waals surface area contributed by atoms with Crippen LogP contribution in [-0.2, 0) is 11.3 Å². The zero-order chi connectivity index (χ0) is 16.9. The smallest absolute Gasteiger partial charge is 0.270 e. The lowest BCUT2D eigenvalue weighted by atomic mass is 10.2. The van der Waals surface area contributed by atoms with E-state index >= 15 is 0 Å². The van der Waals surface area contributed by atoms with Gasteiger partial charge in [-0.05, 0) is 19.8 Å². The maximum atomic E-state index is 12.3. The lowest BCUT2D eigenvalue weighted by molar-refractivity contribution is -0.132. The Bertz CT molecular complexity index is 717. The topological polar surface area (TPSA) is 93.0 Å². The molecule has 1 saturated heterocycles. The van der Waals surface area contributed by atoms with Gasteiger partial charge in [0.2, 0.25) is 11.9 Å². The molecule has 2 amide bonds. The molecule has 0 radical (unpaired) electrons. The summed E-state index contributed by atoms with van der Waals surface area (Å²) < 4.78 is 1.46. The normalized spacial score (nSPS) is 15.1. The highest BCUT2D eigenvalue weighted by Crippen LogP contribution is 2.14. The van der Waals surface area contributed by atoms with Gasteiger partial charge in [-0.3, -0.25) is 14.9 Å². The standard InChI is InChI=1S/C15H20N6O2S/c1-11-13(24-10-17-11)14(23)18-15-16-9-21(19-15)8-12(22)20-6-4-2-3-5-7-20/h9-10H,2-8H2,1H3,(H,18,19,23). The second kappa shape index (κ2) is 7.52. The number of thiazole rings is 1. The number of carbonyl (C=O) groups is 2. The van der Waals surface area contributed by atoms with Crippen molar-refractivity contribution in [3.63, 3.8) is 0 Å². The van der Waals surface area contributed by atoms with Crippen molar-refractivity contribution in [1.82, 2.24) is 24.6 Å². The summed E-state index contributed by atoms with van der Waals surface area (Å²) in [6.07, 6.45) is 5.93. The van der Waals surface area contributed by atoms with Crippen molar-refractivity contribution in [1.29, 1.82) is 0 Å². The second-order valence-corrected chi connectivity index (χ2v) is 6.64. The number of nitrogens with zero attached hydrogens (tertiary/aromatic N) is 5. The van der Waals surface area contributed by atoms with Crippen LogP contribution < -0.4 is 5.32 Å². The summed E-state index contributed by atoms with van der Waals surface area (Å²) in [6.45, 7) is 3.53. The van der Waals surface area contributed by atoms with Gasteiger partial charge >= 0.3 is 0 Å². The van der Waals surface area contributed by atoms with E-state index in [1.54, 1.807) is 12.4 Å². The van der Waals surface area contributed by atoms with Gasteiger partial charge in [-0.15, -0.1) is 16.4 Å². The third-order valence-electron chi connectivity index (χ3n) is 3.97. The Kier molecular flexibility index (Phi) is 5.19. The molecule has 1 aliphatic heterocycles. The molecule has 9 heteroatoms. The van der Waals surface area contributed by atoms with E-state index in [4.69, 9.17) is 0 Å². The summed E-state index contributed by atoms with van der Waals surface area (Å²) in [6, 6.07) is 0. The van der Waals surface area contributed by atoms with E-state index in [1.165, 1.54) is 35.2 Å². The van der Waals surface area contributed by atoms with Crippen LogP contribution in [-0.4, -0.2) is 49.6 Å². The van der Waals surface area contributed by atoms with Crippen molar-refractivity contribution >= 4 is 29.1 Å². The minimum absolute atomic E-state index is 0.0398. The van der Waals surface area contributed by atoms with Crippen molar-refractivity contribution in [3.8, 4) is 0 Å². The van der Waals surface area contributed by atoms with E-state index in [9.17, 15) is 9.59 Å². The third kappa shape index (κ3) is 3.97. The van der Waals surface area contributed by atoms with Crippen molar-refractivity contribution in [2.75, 3.05) is 18.4 Å². The van der Waals surface area contributed by atoms with Gasteiger partial charge in [-0.1, -0.05) is 12.8 Å². The van der Waals surface area contributed by atoms with Crippen LogP contribution in [0.15, 0.2) is 11.8 Å². The highest BCUT2D eigenvalue weighted by atomic mass is 32.1. The summed E-state index contributed by atoms with van der Waals surface area (Å²) >= 11 is 1.27. The molecule has 0 spiro atoms. The first-order chi connectivity index (χ1) is 11.6. The van der Waals surface area contributed by atoms with Gasteiger partial charge in [0.25, 0.3) is 5.91 Å². The third-order valence-corrected chi connectivity index (χ3v) is 4.90. The van der Waals surface area contributed by atoms with E-state index in [0.717, 1.165) is 25.9 Å². The molecule has 128 valence electrons. The number of rotatable bonds is 4. The average Bonchev–Trinajstić information content (AvgIpc) is 3.07. The number of likely N-dealkylation sites (tertiary alicyclic amines) is 1. The van der Waals surface area contributed by atoms with Gasteiger partial charge in [0.1, 0.15) is 17.7 Å². The summed E-state index contributed by atoms with van der Waals surface area (Å²) in [5.41, 5.74) is 2.30. The Hall–Kier alpha value is -2.29. The van der Waals surface area contributed by atoms with Crippen LogP contribution in [0.5, 0.6) is 0 Å². The number of hydrogen-bond donors (Lipinski definition) is 1. The molecular weight excluding hydrogens is 328 g/mol. The molecule has 0 saturated carbocycles. The van der Waals surface area contributed by atoms with Gasteiger partial charge < -0.3 is 4.90 Å². The summed E-state index contributed by atoms with van der Waals surface area (Å²) in [7, 11) is 0. The number of anilines is 1. The number of amides is 2. The number of carbonyl (C=O) groups excluding carboxylic acids is 2. The number of aromatic nitrogens is 4. The maximum absolute atomic E-state index is 12.3. The highest BCUT2D eigenvalue weighted by molar-refractivity contribution is 7.12. The van der Waals surface area contributed by atoms with Gasteiger partial charge in [-0.2, -0.15) is 0 Å². The Labute approximate surface area is 143 Å². The fraction of sp³-hybridized carbons (Fsp3) is 0.533. The van der Waals surface area contributed by atoms with Gasteiger partial charge in [-0.25, -0.2) is 14.6 Å². The largest absolute Gasteiger partial charge is 0.341 e. The van der Waals surface area contributed by atoms with Crippen LogP contribution in [0.1, 0.15) is 41.0 Å². The van der Waals surface area contributed by atoms with E-state index in [1.807, 2.05) is 4.90 Å². The van der Waals surface area contributed by atoms with Crippen molar-refractivity contribution in [3.05, 3.63) is 22.4 Å². The van der Waals surface area contributed by atoms with Crippen LogP contribution in [0.4, 0.5) is 5.95 Å². The molecule has 1 fully saturated rings. The summed E-state index contributed by atoms with van der Waals surface area (Å²) in [5, 5.41) is 6.79. The fourth-order valence-electron chi connectivity index (χ4n) is 2.66. The van der Waals surface area contributed by atoms with Gasteiger partial charge in [0, 0.05) is 13.1 Å². The molecule has 1 N–H and O–H groups in total. The Morgan fingerprint density at radius 3 is 2.62 bits per heavy atom. The molecule has 24 heavy (non-hydrogen) atoms. The SMILES string of the molecule is Cc1ncsc1C(=O)Nc1ncn(CC(=O)N2CCCCCC2)n1. The molecule has 3 heterocycles.